The standard InChI is InChI=1S/C13H20BrFN2O2S/c1-3-8-17(4-2)9-7-16-20(18,19)11-5-6-12(14)13(15)10-11/h5-6,10,16H,3-4,7-9H2,1-2H3. The SMILES string of the molecule is CCCN(CC)CCNS(=O)(=O)c1ccc(Br)c(F)c1. The van der Waals surface area contributed by atoms with Crippen LogP contribution in [-0.4, -0.2) is 39.5 Å². The van der Waals surface area contributed by atoms with Gasteiger partial charge in [-0.1, -0.05) is 13.8 Å². The molecule has 0 saturated carbocycles. The molecule has 1 rings (SSSR count). The molecule has 114 valence electrons. The van der Waals surface area contributed by atoms with Crippen molar-refractivity contribution >= 4 is 26.0 Å². The Bertz CT molecular complexity index is 537. The molecule has 0 fully saturated rings. The molecule has 0 amide bonds. The van der Waals surface area contributed by atoms with Crippen LogP contribution in [0, 0.1) is 5.82 Å². The van der Waals surface area contributed by atoms with Crippen molar-refractivity contribution in [2.45, 2.75) is 25.2 Å². The molecule has 0 aliphatic heterocycles. The highest BCUT2D eigenvalue weighted by molar-refractivity contribution is 9.10. The van der Waals surface area contributed by atoms with Crippen LogP contribution in [0.4, 0.5) is 4.39 Å². The molecule has 1 aromatic carbocycles. The van der Waals surface area contributed by atoms with Gasteiger partial charge in [0.05, 0.1) is 9.37 Å². The van der Waals surface area contributed by atoms with E-state index >= 15 is 0 Å². The molecule has 0 spiro atoms. The van der Waals surface area contributed by atoms with Crippen LogP contribution in [0.5, 0.6) is 0 Å². The van der Waals surface area contributed by atoms with Gasteiger partial charge in [0.1, 0.15) is 5.82 Å². The number of nitrogens with zero attached hydrogens (tertiary/aromatic N) is 1. The van der Waals surface area contributed by atoms with Crippen molar-refractivity contribution in [3.8, 4) is 0 Å². The number of hydrogen-bond donors (Lipinski definition) is 1. The Balaban J connectivity index is 2.63. The van der Waals surface area contributed by atoms with Crippen molar-refractivity contribution in [2.24, 2.45) is 0 Å². The predicted molar refractivity (Wildman–Crippen MR) is 81.7 cm³/mol. The van der Waals surface area contributed by atoms with E-state index in [1.165, 1.54) is 12.1 Å². The van der Waals surface area contributed by atoms with Crippen LogP contribution in [-0.2, 0) is 10.0 Å². The van der Waals surface area contributed by atoms with Crippen LogP contribution in [0.1, 0.15) is 20.3 Å². The van der Waals surface area contributed by atoms with Crippen LogP contribution < -0.4 is 4.72 Å². The van der Waals surface area contributed by atoms with Crippen molar-refractivity contribution in [2.75, 3.05) is 26.2 Å². The van der Waals surface area contributed by atoms with Gasteiger partial charge >= 0.3 is 0 Å². The van der Waals surface area contributed by atoms with Crippen molar-refractivity contribution in [3.05, 3.63) is 28.5 Å². The highest BCUT2D eigenvalue weighted by Crippen LogP contribution is 2.19. The molecule has 0 aliphatic rings. The second-order valence-corrected chi connectivity index (χ2v) is 7.03. The lowest BCUT2D eigenvalue weighted by Crippen LogP contribution is -2.35. The van der Waals surface area contributed by atoms with Crippen LogP contribution in [0.3, 0.4) is 0 Å². The summed E-state index contributed by atoms with van der Waals surface area (Å²) < 4.78 is 40.1. The highest BCUT2D eigenvalue weighted by Gasteiger charge is 2.15. The van der Waals surface area contributed by atoms with E-state index in [1.54, 1.807) is 0 Å². The zero-order valence-electron chi connectivity index (χ0n) is 11.7. The molecule has 0 saturated heterocycles. The molecule has 0 bridgehead atoms. The van der Waals surface area contributed by atoms with E-state index in [0.717, 1.165) is 25.6 Å². The Morgan fingerprint density at radius 2 is 2.00 bits per heavy atom. The zero-order valence-corrected chi connectivity index (χ0v) is 14.1. The van der Waals surface area contributed by atoms with Gasteiger partial charge in [-0.3, -0.25) is 0 Å². The Kier molecular flexibility index (Phi) is 7.08. The van der Waals surface area contributed by atoms with Crippen molar-refractivity contribution in [3.63, 3.8) is 0 Å². The van der Waals surface area contributed by atoms with E-state index < -0.39 is 15.8 Å². The largest absolute Gasteiger partial charge is 0.302 e. The van der Waals surface area contributed by atoms with Gasteiger partial charge in [-0.15, -0.1) is 0 Å². The minimum absolute atomic E-state index is 0.0586. The summed E-state index contributed by atoms with van der Waals surface area (Å²) in [6, 6.07) is 3.77. The van der Waals surface area contributed by atoms with Gasteiger partial charge in [0, 0.05) is 13.1 Å². The maximum atomic E-state index is 13.4. The number of nitrogens with one attached hydrogen (secondary N) is 1. The maximum Gasteiger partial charge on any atom is 0.240 e. The lowest BCUT2D eigenvalue weighted by Gasteiger charge is -2.19. The molecule has 7 heteroatoms. The molecule has 20 heavy (non-hydrogen) atoms. The van der Waals surface area contributed by atoms with Gasteiger partial charge in [0.15, 0.2) is 0 Å². The molecule has 0 aromatic heterocycles. The maximum absolute atomic E-state index is 13.4. The fraction of sp³-hybridized carbons (Fsp3) is 0.538. The predicted octanol–water partition coefficient (Wildman–Crippen LogP) is 2.60. The summed E-state index contributed by atoms with van der Waals surface area (Å²) in [4.78, 5) is 2.10. The Hall–Kier alpha value is -0.500. The fourth-order valence-corrected chi connectivity index (χ4v) is 3.09. The summed E-state index contributed by atoms with van der Waals surface area (Å²) in [6.07, 6.45) is 1.03. The van der Waals surface area contributed by atoms with E-state index in [9.17, 15) is 12.8 Å². The topological polar surface area (TPSA) is 49.4 Å². The minimum atomic E-state index is -3.66. The van der Waals surface area contributed by atoms with E-state index in [-0.39, 0.29) is 9.37 Å². The average molecular weight is 367 g/mol. The number of hydrogen-bond acceptors (Lipinski definition) is 3. The summed E-state index contributed by atoms with van der Waals surface area (Å²) in [5, 5.41) is 0. The molecule has 0 unspecified atom stereocenters. The molecule has 1 N–H and O–H groups in total. The van der Waals surface area contributed by atoms with Gasteiger partial charge in [-0.25, -0.2) is 17.5 Å². The minimum Gasteiger partial charge on any atom is -0.302 e. The monoisotopic (exact) mass is 366 g/mol. The molecule has 0 radical (unpaired) electrons. The van der Waals surface area contributed by atoms with Crippen LogP contribution in [0.15, 0.2) is 27.6 Å². The molecular weight excluding hydrogens is 347 g/mol. The van der Waals surface area contributed by atoms with Gasteiger partial charge in [-0.05, 0) is 53.6 Å². The number of benzene rings is 1. The lowest BCUT2D eigenvalue weighted by molar-refractivity contribution is 0.293. The van der Waals surface area contributed by atoms with Gasteiger partial charge < -0.3 is 4.90 Å². The van der Waals surface area contributed by atoms with Crippen LogP contribution in [0.2, 0.25) is 0 Å². The normalized spacial score (nSPS) is 12.1. The first-order valence-corrected chi connectivity index (χ1v) is 8.85. The van der Waals surface area contributed by atoms with E-state index in [0.29, 0.717) is 13.1 Å². The second-order valence-electron chi connectivity index (χ2n) is 4.41. The number of halogens is 2. The third-order valence-electron chi connectivity index (χ3n) is 2.91. The number of sulfonamides is 1. The smallest absolute Gasteiger partial charge is 0.240 e. The highest BCUT2D eigenvalue weighted by atomic mass is 79.9. The van der Waals surface area contributed by atoms with Crippen LogP contribution in [0.25, 0.3) is 0 Å². The molecule has 4 nitrogen and oxygen atoms in total. The summed E-state index contributed by atoms with van der Waals surface area (Å²) in [5.74, 6) is -0.589. The van der Waals surface area contributed by atoms with Crippen molar-refractivity contribution in [1.82, 2.24) is 9.62 Å². The quantitative estimate of drug-likeness (QED) is 0.769. The van der Waals surface area contributed by atoms with E-state index in [2.05, 4.69) is 32.5 Å². The molecule has 0 aliphatic carbocycles. The summed E-state index contributed by atoms with van der Waals surface area (Å²) >= 11 is 3.00. The first-order valence-electron chi connectivity index (χ1n) is 6.57. The Labute approximate surface area is 128 Å². The van der Waals surface area contributed by atoms with Crippen LogP contribution >= 0.6 is 15.9 Å². The van der Waals surface area contributed by atoms with E-state index in [4.69, 9.17) is 0 Å². The van der Waals surface area contributed by atoms with Crippen molar-refractivity contribution < 1.29 is 12.8 Å². The lowest BCUT2D eigenvalue weighted by atomic mass is 10.3. The molecule has 0 heterocycles. The summed E-state index contributed by atoms with van der Waals surface area (Å²) in [6.45, 7) is 6.88. The summed E-state index contributed by atoms with van der Waals surface area (Å²) in [7, 11) is -3.66. The first kappa shape index (κ1) is 17.6. The Morgan fingerprint density at radius 3 is 2.55 bits per heavy atom. The molecular formula is C13H20BrFN2O2S. The summed E-state index contributed by atoms with van der Waals surface area (Å²) in [5.41, 5.74) is 0. The molecule has 1 aromatic rings. The Morgan fingerprint density at radius 1 is 1.30 bits per heavy atom. The molecule has 0 atom stereocenters. The second kappa shape index (κ2) is 8.07. The first-order chi connectivity index (χ1) is 9.40. The number of rotatable bonds is 8. The number of likely N-dealkylation sites (N-methyl/N-ethyl adjacent to an activating group) is 1. The van der Waals surface area contributed by atoms with E-state index in [1.807, 2.05) is 6.92 Å². The average Bonchev–Trinajstić information content (AvgIpc) is 2.40. The van der Waals surface area contributed by atoms with Gasteiger partial charge in [0.25, 0.3) is 0 Å². The third-order valence-corrected chi connectivity index (χ3v) is 5.01. The fourth-order valence-electron chi connectivity index (χ4n) is 1.81. The van der Waals surface area contributed by atoms with Crippen molar-refractivity contribution in [1.29, 1.82) is 0 Å². The van der Waals surface area contributed by atoms with Gasteiger partial charge in [-0.2, -0.15) is 0 Å². The van der Waals surface area contributed by atoms with Gasteiger partial charge in [0.2, 0.25) is 10.0 Å². The zero-order chi connectivity index (χ0) is 15.2. The third kappa shape index (κ3) is 5.12.